The van der Waals surface area contributed by atoms with Gasteiger partial charge in [0.25, 0.3) is 10.1 Å². The van der Waals surface area contributed by atoms with E-state index in [1.54, 1.807) is 6.92 Å². The summed E-state index contributed by atoms with van der Waals surface area (Å²) in [6.45, 7) is 3.07. The molecule has 13 heavy (non-hydrogen) atoms. The predicted octanol–water partition coefficient (Wildman–Crippen LogP) is 0.314. The molecule has 0 spiro atoms. The molecule has 6 heteroatoms. The number of carbonyl (C=O) groups excluding carboxylic acids is 1. The van der Waals surface area contributed by atoms with E-state index < -0.39 is 15.9 Å². The fourth-order valence-corrected chi connectivity index (χ4v) is 1.09. The second-order valence-electron chi connectivity index (χ2n) is 2.78. The highest BCUT2D eigenvalue weighted by Crippen LogP contribution is 1.90. The largest absolute Gasteiger partial charge is 0.300 e. The zero-order valence-electron chi connectivity index (χ0n) is 7.65. The highest BCUT2D eigenvalue weighted by molar-refractivity contribution is 7.85. The van der Waals surface area contributed by atoms with Crippen LogP contribution in [0.15, 0.2) is 4.99 Å². The number of Topliss-reactive ketones (excluding diaryl/α,β-unsaturated/α-hetero) is 1. The molecule has 0 amide bonds. The first-order valence-corrected chi connectivity index (χ1v) is 5.36. The SMILES string of the molecule is CC(=O)CC(C)=NCCS(=O)(=O)O. The second-order valence-corrected chi connectivity index (χ2v) is 4.35. The number of rotatable bonds is 5. The molecule has 0 fully saturated rings. The summed E-state index contributed by atoms with van der Waals surface area (Å²) in [5.41, 5.74) is 0.580. The minimum atomic E-state index is -3.94. The van der Waals surface area contributed by atoms with Crippen LogP contribution in [0.3, 0.4) is 0 Å². The summed E-state index contributed by atoms with van der Waals surface area (Å²) >= 11 is 0. The Labute approximate surface area is 77.6 Å². The molecule has 5 nitrogen and oxygen atoms in total. The van der Waals surface area contributed by atoms with Gasteiger partial charge in [0.05, 0.1) is 12.3 Å². The Morgan fingerprint density at radius 1 is 1.38 bits per heavy atom. The van der Waals surface area contributed by atoms with Crippen molar-refractivity contribution in [3.63, 3.8) is 0 Å². The molecular formula is C7H13NO4S. The van der Waals surface area contributed by atoms with Gasteiger partial charge in [0.2, 0.25) is 0 Å². The van der Waals surface area contributed by atoms with Gasteiger partial charge >= 0.3 is 0 Å². The first-order valence-electron chi connectivity index (χ1n) is 3.76. The highest BCUT2D eigenvalue weighted by Gasteiger charge is 2.03. The van der Waals surface area contributed by atoms with Gasteiger partial charge in [0, 0.05) is 12.1 Å². The van der Waals surface area contributed by atoms with E-state index in [1.165, 1.54) is 6.92 Å². The zero-order chi connectivity index (χ0) is 10.5. The summed E-state index contributed by atoms with van der Waals surface area (Å²) in [6, 6.07) is 0. The standard InChI is InChI=1S/C7H13NO4S/c1-6(5-7(2)9)8-3-4-13(10,11)12/h3-5H2,1-2H3,(H,10,11,12). The van der Waals surface area contributed by atoms with E-state index in [0.717, 1.165) is 0 Å². The van der Waals surface area contributed by atoms with Crippen molar-refractivity contribution in [1.29, 1.82) is 0 Å². The topological polar surface area (TPSA) is 83.8 Å². The molecule has 0 aliphatic rings. The van der Waals surface area contributed by atoms with Gasteiger partial charge in [-0.05, 0) is 13.8 Å². The predicted molar refractivity (Wildman–Crippen MR) is 49.7 cm³/mol. The van der Waals surface area contributed by atoms with E-state index in [1.807, 2.05) is 0 Å². The average molecular weight is 207 g/mol. The number of hydrogen-bond acceptors (Lipinski definition) is 4. The van der Waals surface area contributed by atoms with E-state index >= 15 is 0 Å². The Hall–Kier alpha value is -0.750. The zero-order valence-corrected chi connectivity index (χ0v) is 8.47. The van der Waals surface area contributed by atoms with Crippen molar-refractivity contribution in [2.75, 3.05) is 12.3 Å². The molecule has 0 unspecified atom stereocenters. The molecule has 76 valence electrons. The lowest BCUT2D eigenvalue weighted by atomic mass is 10.2. The molecule has 0 aromatic heterocycles. The highest BCUT2D eigenvalue weighted by atomic mass is 32.2. The number of nitrogens with zero attached hydrogens (tertiary/aromatic N) is 1. The first-order chi connectivity index (χ1) is 5.81. The maximum Gasteiger partial charge on any atom is 0.266 e. The van der Waals surface area contributed by atoms with Crippen molar-refractivity contribution < 1.29 is 17.8 Å². The minimum Gasteiger partial charge on any atom is -0.300 e. The lowest BCUT2D eigenvalue weighted by molar-refractivity contribution is -0.115. The van der Waals surface area contributed by atoms with Gasteiger partial charge in [-0.2, -0.15) is 8.42 Å². The van der Waals surface area contributed by atoms with Crippen molar-refractivity contribution in [3.05, 3.63) is 0 Å². The molecule has 0 atom stereocenters. The molecule has 0 aromatic rings. The van der Waals surface area contributed by atoms with Crippen LogP contribution in [0.25, 0.3) is 0 Å². The van der Waals surface area contributed by atoms with E-state index in [2.05, 4.69) is 4.99 Å². The molecule has 0 saturated carbocycles. The Kier molecular flexibility index (Phi) is 4.79. The van der Waals surface area contributed by atoms with Crippen LogP contribution >= 0.6 is 0 Å². The van der Waals surface area contributed by atoms with Crippen molar-refractivity contribution >= 4 is 21.6 Å². The van der Waals surface area contributed by atoms with E-state index in [9.17, 15) is 13.2 Å². The van der Waals surface area contributed by atoms with Crippen LogP contribution in [0.5, 0.6) is 0 Å². The third-order valence-corrected chi connectivity index (χ3v) is 1.93. The molecule has 0 bridgehead atoms. The van der Waals surface area contributed by atoms with E-state index in [-0.39, 0.29) is 18.7 Å². The Morgan fingerprint density at radius 2 is 1.92 bits per heavy atom. The molecule has 0 aromatic carbocycles. The monoisotopic (exact) mass is 207 g/mol. The summed E-state index contributed by atoms with van der Waals surface area (Å²) in [7, 11) is -3.94. The normalized spacial score (nSPS) is 13.0. The van der Waals surface area contributed by atoms with Gasteiger partial charge in [-0.15, -0.1) is 0 Å². The number of aliphatic imine (C=N–C) groups is 1. The number of carbonyl (C=O) groups is 1. The first kappa shape index (κ1) is 12.2. The van der Waals surface area contributed by atoms with Crippen LogP contribution in [0, 0.1) is 0 Å². The lowest BCUT2D eigenvalue weighted by Crippen LogP contribution is -2.09. The van der Waals surface area contributed by atoms with Gasteiger partial charge in [0.15, 0.2) is 0 Å². The third-order valence-electron chi connectivity index (χ3n) is 1.24. The molecule has 0 heterocycles. The van der Waals surface area contributed by atoms with Crippen LogP contribution in [-0.2, 0) is 14.9 Å². The fraction of sp³-hybridized carbons (Fsp3) is 0.714. The molecule has 0 rings (SSSR count). The van der Waals surface area contributed by atoms with Crippen molar-refractivity contribution in [3.8, 4) is 0 Å². The number of hydrogen-bond donors (Lipinski definition) is 1. The van der Waals surface area contributed by atoms with Gasteiger partial charge in [-0.3, -0.25) is 14.3 Å². The van der Waals surface area contributed by atoms with Crippen molar-refractivity contribution in [2.24, 2.45) is 4.99 Å². The van der Waals surface area contributed by atoms with Crippen LogP contribution in [-0.4, -0.2) is 36.8 Å². The molecule has 0 radical (unpaired) electrons. The van der Waals surface area contributed by atoms with Crippen LogP contribution in [0.4, 0.5) is 0 Å². The molecular weight excluding hydrogens is 194 g/mol. The quantitative estimate of drug-likeness (QED) is 0.519. The van der Waals surface area contributed by atoms with Crippen molar-refractivity contribution in [1.82, 2.24) is 0 Å². The third kappa shape index (κ3) is 9.16. The summed E-state index contributed by atoms with van der Waals surface area (Å²) in [5.74, 6) is -0.421. The molecule has 0 saturated heterocycles. The molecule has 0 aliphatic heterocycles. The summed E-state index contributed by atoms with van der Waals surface area (Å²) in [4.78, 5) is 14.4. The molecule has 0 aliphatic carbocycles. The smallest absolute Gasteiger partial charge is 0.266 e. The van der Waals surface area contributed by atoms with Crippen LogP contribution in [0.2, 0.25) is 0 Å². The van der Waals surface area contributed by atoms with Gasteiger partial charge in [0.1, 0.15) is 5.78 Å². The maximum absolute atomic E-state index is 10.6. The van der Waals surface area contributed by atoms with Crippen LogP contribution in [0.1, 0.15) is 20.3 Å². The summed E-state index contributed by atoms with van der Waals surface area (Å²) < 4.78 is 28.9. The van der Waals surface area contributed by atoms with Gasteiger partial charge in [-0.1, -0.05) is 0 Å². The minimum absolute atomic E-state index is 0.00204. The van der Waals surface area contributed by atoms with E-state index in [4.69, 9.17) is 4.55 Å². The molecule has 1 N–H and O–H groups in total. The maximum atomic E-state index is 10.6. The Bertz CT molecular complexity index is 304. The average Bonchev–Trinajstić information content (AvgIpc) is 1.81. The second kappa shape index (κ2) is 5.08. The van der Waals surface area contributed by atoms with Crippen LogP contribution < -0.4 is 0 Å². The Morgan fingerprint density at radius 3 is 2.31 bits per heavy atom. The lowest BCUT2D eigenvalue weighted by Gasteiger charge is -1.96. The van der Waals surface area contributed by atoms with Gasteiger partial charge in [-0.25, -0.2) is 0 Å². The summed E-state index contributed by atoms with van der Waals surface area (Å²) in [5, 5.41) is 0. The summed E-state index contributed by atoms with van der Waals surface area (Å²) in [6.07, 6.45) is 0.228. The van der Waals surface area contributed by atoms with Gasteiger partial charge < -0.3 is 0 Å². The number of ketones is 1. The fourth-order valence-electron chi connectivity index (χ4n) is 0.768. The Balaban J connectivity index is 3.92. The van der Waals surface area contributed by atoms with Crippen molar-refractivity contribution in [2.45, 2.75) is 20.3 Å². The van der Waals surface area contributed by atoms with E-state index in [0.29, 0.717) is 5.71 Å².